The molecule has 2 aromatic carbocycles. The highest BCUT2D eigenvalue weighted by Crippen LogP contribution is 2.31. The van der Waals surface area contributed by atoms with Gasteiger partial charge in [-0.15, -0.1) is 0 Å². The van der Waals surface area contributed by atoms with Crippen molar-refractivity contribution < 1.29 is 33.6 Å². The van der Waals surface area contributed by atoms with E-state index >= 15 is 0 Å². The molecule has 0 spiro atoms. The number of ether oxygens (including phenoxy) is 5. The lowest BCUT2D eigenvalue weighted by Crippen LogP contribution is -2.39. The van der Waals surface area contributed by atoms with Gasteiger partial charge < -0.3 is 55.8 Å². The minimum absolute atomic E-state index is 0.0642. The number of methoxy groups -OCH3 is 4. The number of hydrogen-bond acceptors (Lipinski definition) is 16. The van der Waals surface area contributed by atoms with E-state index < -0.39 is 24.2 Å². The molecule has 2 unspecified atom stereocenters. The number of carbonyl (C=O) groups excluding carboxylic acids is 1. The third kappa shape index (κ3) is 10.3. The summed E-state index contributed by atoms with van der Waals surface area (Å²) in [7, 11) is 6.32. The molecular formula is C35H49N9O7. The number of nitrogens with zero attached hydrogens (tertiary/aromatic N) is 4. The predicted molar refractivity (Wildman–Crippen MR) is 196 cm³/mol. The van der Waals surface area contributed by atoms with E-state index in [2.05, 4.69) is 21.3 Å². The van der Waals surface area contributed by atoms with Gasteiger partial charge in [0.1, 0.15) is 23.2 Å². The third-order valence-electron chi connectivity index (χ3n) is 7.77. The van der Waals surface area contributed by atoms with E-state index in [4.69, 9.17) is 49.4 Å². The highest BCUT2D eigenvalue weighted by atomic mass is 16.5. The SMILES string of the molecule is COc1ccc(CNc2nc(NCC(C)OC(=O)[C@@H](N)C(C)C)nc3c(NCc4ccc(OC)c(OC)c4)nc(NCC(C)O)nc23)cc1OC. The van der Waals surface area contributed by atoms with Gasteiger partial charge in [0.25, 0.3) is 0 Å². The highest BCUT2D eigenvalue weighted by molar-refractivity contribution is 5.94. The maximum absolute atomic E-state index is 12.5. The number of hydrogen-bond donors (Lipinski definition) is 6. The first-order valence-electron chi connectivity index (χ1n) is 16.6. The van der Waals surface area contributed by atoms with E-state index in [0.717, 1.165) is 11.1 Å². The summed E-state index contributed by atoms with van der Waals surface area (Å²) in [6.07, 6.45) is -1.18. The van der Waals surface area contributed by atoms with Gasteiger partial charge in [0, 0.05) is 19.6 Å². The van der Waals surface area contributed by atoms with Gasteiger partial charge in [-0.3, -0.25) is 4.79 Å². The van der Waals surface area contributed by atoms with Crippen molar-refractivity contribution >= 4 is 40.5 Å². The van der Waals surface area contributed by atoms with E-state index in [9.17, 15) is 9.90 Å². The smallest absolute Gasteiger partial charge is 0.323 e. The molecule has 0 fully saturated rings. The molecule has 51 heavy (non-hydrogen) atoms. The molecule has 0 aliphatic rings. The average Bonchev–Trinajstić information content (AvgIpc) is 3.13. The number of aliphatic hydroxyl groups is 1. The van der Waals surface area contributed by atoms with Gasteiger partial charge in [0.15, 0.2) is 34.6 Å². The van der Waals surface area contributed by atoms with Crippen LogP contribution in [0.3, 0.4) is 0 Å². The van der Waals surface area contributed by atoms with Crippen LogP contribution in [0.2, 0.25) is 0 Å². The Kier molecular flexibility index (Phi) is 13.6. The first-order chi connectivity index (χ1) is 24.5. The molecule has 2 aromatic heterocycles. The van der Waals surface area contributed by atoms with Gasteiger partial charge >= 0.3 is 5.97 Å². The Morgan fingerprint density at radius 2 is 1.14 bits per heavy atom. The minimum Gasteiger partial charge on any atom is -0.493 e. The number of fused-ring (bicyclic) bond motifs is 1. The molecule has 4 aromatic rings. The normalized spacial score (nSPS) is 12.8. The topological polar surface area (TPSA) is 209 Å². The third-order valence-corrected chi connectivity index (χ3v) is 7.77. The molecule has 0 amide bonds. The van der Waals surface area contributed by atoms with Crippen LogP contribution in [0.1, 0.15) is 38.8 Å². The zero-order valence-electron chi connectivity index (χ0n) is 30.4. The standard InChI is InChI=1S/C35H49N9O7/c1-19(2)28(36)33(46)51-21(4)16-40-35-42-30-29(32(44-35)38-18-23-10-12-25(48-6)27(14-23)50-8)41-34(39-15-20(3)45)43-31(30)37-17-22-9-11-24(47-5)26(13-22)49-7/h9-14,19-21,28,45H,15-18,36H2,1-8H3,(H2,37,39,41,43)(H2,38,40,42,44)/t20?,21?,28-/m0/s1. The second-order valence-corrected chi connectivity index (χ2v) is 12.2. The summed E-state index contributed by atoms with van der Waals surface area (Å²) in [5, 5.41) is 23.0. The Labute approximate surface area is 297 Å². The second kappa shape index (κ2) is 18.1. The molecular weight excluding hydrogens is 658 g/mol. The highest BCUT2D eigenvalue weighted by Gasteiger charge is 2.22. The molecule has 4 rings (SSSR count). The summed E-state index contributed by atoms with van der Waals surface area (Å²) >= 11 is 0. The molecule has 0 aliphatic carbocycles. The zero-order chi connectivity index (χ0) is 37.1. The van der Waals surface area contributed by atoms with Gasteiger partial charge in [-0.1, -0.05) is 26.0 Å². The van der Waals surface area contributed by atoms with E-state index in [0.29, 0.717) is 58.8 Å². The van der Waals surface area contributed by atoms with Crippen LogP contribution in [-0.4, -0.2) is 90.8 Å². The van der Waals surface area contributed by atoms with Crippen LogP contribution in [0.4, 0.5) is 23.5 Å². The fourth-order valence-corrected chi connectivity index (χ4v) is 4.84. The molecule has 0 radical (unpaired) electrons. The van der Waals surface area contributed by atoms with Crippen molar-refractivity contribution in [3.05, 3.63) is 47.5 Å². The summed E-state index contributed by atoms with van der Waals surface area (Å²) < 4.78 is 27.3. The summed E-state index contributed by atoms with van der Waals surface area (Å²) in [5.74, 6) is 3.16. The molecule has 2 heterocycles. The summed E-state index contributed by atoms with van der Waals surface area (Å²) in [6, 6.07) is 10.5. The molecule has 16 nitrogen and oxygen atoms in total. The number of aromatic nitrogens is 4. The monoisotopic (exact) mass is 707 g/mol. The van der Waals surface area contributed by atoms with Gasteiger partial charge in [0.2, 0.25) is 11.9 Å². The number of anilines is 4. The van der Waals surface area contributed by atoms with E-state index in [1.165, 1.54) is 0 Å². The quantitative estimate of drug-likeness (QED) is 0.0766. The van der Waals surface area contributed by atoms with Crippen LogP contribution in [0.5, 0.6) is 23.0 Å². The lowest BCUT2D eigenvalue weighted by Gasteiger charge is -2.20. The Hall–Kier alpha value is -5.35. The van der Waals surface area contributed by atoms with Crippen molar-refractivity contribution in [1.29, 1.82) is 0 Å². The maximum Gasteiger partial charge on any atom is 0.323 e. The van der Waals surface area contributed by atoms with Crippen molar-refractivity contribution in [3.63, 3.8) is 0 Å². The van der Waals surface area contributed by atoms with Gasteiger partial charge in [0.05, 0.1) is 41.1 Å². The van der Waals surface area contributed by atoms with Gasteiger partial charge in [-0.05, 0) is 55.2 Å². The largest absolute Gasteiger partial charge is 0.493 e. The molecule has 16 heteroatoms. The Bertz CT molecular complexity index is 1770. The fourth-order valence-electron chi connectivity index (χ4n) is 4.84. The van der Waals surface area contributed by atoms with Crippen LogP contribution in [0, 0.1) is 5.92 Å². The number of carbonyl (C=O) groups is 1. The summed E-state index contributed by atoms with van der Waals surface area (Å²) in [6.45, 7) is 8.27. The van der Waals surface area contributed by atoms with Crippen LogP contribution in [0.25, 0.3) is 11.0 Å². The van der Waals surface area contributed by atoms with Crippen molar-refractivity contribution in [2.24, 2.45) is 11.7 Å². The maximum atomic E-state index is 12.5. The van der Waals surface area contributed by atoms with Gasteiger partial charge in [-0.25, -0.2) is 9.97 Å². The van der Waals surface area contributed by atoms with Crippen LogP contribution >= 0.6 is 0 Å². The second-order valence-electron chi connectivity index (χ2n) is 12.2. The average molecular weight is 708 g/mol. The minimum atomic E-state index is -0.732. The number of benzene rings is 2. The van der Waals surface area contributed by atoms with Crippen molar-refractivity contribution in [1.82, 2.24) is 19.9 Å². The molecule has 0 aliphatic heterocycles. The molecule has 0 bridgehead atoms. The Morgan fingerprint density at radius 1 is 0.686 bits per heavy atom. The van der Waals surface area contributed by atoms with Crippen LogP contribution < -0.4 is 45.9 Å². The van der Waals surface area contributed by atoms with Crippen LogP contribution in [-0.2, 0) is 22.6 Å². The zero-order valence-corrected chi connectivity index (χ0v) is 30.4. The summed E-state index contributed by atoms with van der Waals surface area (Å²) in [5.41, 5.74) is 8.61. The Morgan fingerprint density at radius 3 is 1.55 bits per heavy atom. The summed E-state index contributed by atoms with van der Waals surface area (Å²) in [4.78, 5) is 31.5. The number of esters is 1. The molecule has 276 valence electrons. The molecule has 0 saturated carbocycles. The van der Waals surface area contributed by atoms with Crippen molar-refractivity contribution in [3.8, 4) is 23.0 Å². The van der Waals surface area contributed by atoms with E-state index in [1.54, 1.807) is 42.3 Å². The van der Waals surface area contributed by atoms with Crippen LogP contribution in [0.15, 0.2) is 36.4 Å². The fraction of sp³-hybridized carbons (Fsp3) is 0.457. The number of nitrogens with one attached hydrogen (secondary N) is 4. The van der Waals surface area contributed by atoms with Crippen molar-refractivity contribution in [2.45, 2.75) is 59.0 Å². The predicted octanol–water partition coefficient (Wildman–Crippen LogP) is 3.80. The lowest BCUT2D eigenvalue weighted by atomic mass is 10.1. The van der Waals surface area contributed by atoms with Crippen molar-refractivity contribution in [2.75, 3.05) is 62.8 Å². The molecule has 0 saturated heterocycles. The van der Waals surface area contributed by atoms with E-state index in [-0.39, 0.29) is 30.9 Å². The number of nitrogens with two attached hydrogens (primary N) is 1. The molecule has 3 atom stereocenters. The first kappa shape index (κ1) is 38.5. The Balaban J connectivity index is 1.73. The first-order valence-corrected chi connectivity index (χ1v) is 16.6. The number of rotatable bonds is 19. The molecule has 7 N–H and O–H groups in total. The number of aliphatic hydroxyl groups excluding tert-OH is 1. The van der Waals surface area contributed by atoms with E-state index in [1.807, 2.05) is 50.2 Å². The van der Waals surface area contributed by atoms with Gasteiger partial charge in [-0.2, -0.15) is 9.97 Å². The lowest BCUT2D eigenvalue weighted by molar-refractivity contribution is -0.150.